The summed E-state index contributed by atoms with van der Waals surface area (Å²) in [5, 5.41) is 12.1. The van der Waals surface area contributed by atoms with Crippen LogP contribution in [0.15, 0.2) is 0 Å². The first-order valence-corrected chi connectivity index (χ1v) is 4.84. The molecular weight excluding hydrogens is 170 g/mol. The van der Waals surface area contributed by atoms with Gasteiger partial charge in [-0.1, -0.05) is 0 Å². The van der Waals surface area contributed by atoms with Gasteiger partial charge >= 0.3 is 5.97 Å². The van der Waals surface area contributed by atoms with Gasteiger partial charge in [0, 0.05) is 13.0 Å². The van der Waals surface area contributed by atoms with Gasteiger partial charge in [0.05, 0.1) is 12.7 Å². The number of hydrogen-bond acceptors (Lipinski definition) is 4. The summed E-state index contributed by atoms with van der Waals surface area (Å²) in [5.41, 5.74) is 0. The van der Waals surface area contributed by atoms with Crippen LogP contribution in [-0.4, -0.2) is 36.4 Å². The molecule has 1 saturated heterocycles. The molecule has 2 fully saturated rings. The van der Waals surface area contributed by atoms with Crippen LogP contribution in [0.2, 0.25) is 0 Å². The Labute approximate surface area is 77.3 Å². The number of nitrogens with one attached hydrogen (secondary N) is 1. The van der Waals surface area contributed by atoms with Crippen LogP contribution in [0.1, 0.15) is 19.3 Å². The van der Waals surface area contributed by atoms with Crippen molar-refractivity contribution in [3.8, 4) is 0 Å². The molecule has 1 aliphatic carbocycles. The van der Waals surface area contributed by atoms with Crippen molar-refractivity contribution in [2.75, 3.05) is 13.2 Å². The molecule has 0 amide bonds. The number of hydrogen-bond donors (Lipinski definition) is 2. The number of esters is 1. The van der Waals surface area contributed by atoms with Crippen molar-refractivity contribution in [2.24, 2.45) is 5.92 Å². The van der Waals surface area contributed by atoms with Crippen molar-refractivity contribution in [2.45, 2.75) is 31.4 Å². The summed E-state index contributed by atoms with van der Waals surface area (Å²) < 4.78 is 5.09. The van der Waals surface area contributed by atoms with E-state index in [1.807, 2.05) is 0 Å². The van der Waals surface area contributed by atoms with Crippen molar-refractivity contribution in [3.63, 3.8) is 0 Å². The summed E-state index contributed by atoms with van der Waals surface area (Å²) in [4.78, 5) is 11.3. The average Bonchev–Trinajstić information content (AvgIpc) is 2.84. The van der Waals surface area contributed by atoms with Crippen LogP contribution >= 0.6 is 0 Å². The molecule has 2 aliphatic rings. The predicted octanol–water partition coefficient (Wildman–Crippen LogP) is -0.338. The second kappa shape index (κ2) is 3.64. The third kappa shape index (κ3) is 2.42. The van der Waals surface area contributed by atoms with Crippen LogP contribution in [0.3, 0.4) is 0 Å². The summed E-state index contributed by atoms with van der Waals surface area (Å²) in [5.74, 6) is 0.402. The van der Waals surface area contributed by atoms with E-state index in [9.17, 15) is 4.79 Å². The second-order valence-electron chi connectivity index (χ2n) is 3.92. The van der Waals surface area contributed by atoms with Gasteiger partial charge in [-0.15, -0.1) is 0 Å². The van der Waals surface area contributed by atoms with E-state index in [4.69, 9.17) is 9.84 Å². The highest BCUT2D eigenvalue weighted by molar-refractivity contribution is 5.76. The summed E-state index contributed by atoms with van der Waals surface area (Å²) in [7, 11) is 0. The molecule has 0 aromatic rings. The molecule has 0 bridgehead atoms. The number of aliphatic hydroxyl groups excluding tert-OH is 1. The van der Waals surface area contributed by atoms with Gasteiger partial charge < -0.3 is 15.2 Å². The Kier molecular flexibility index (Phi) is 2.51. The fourth-order valence-electron chi connectivity index (χ4n) is 1.48. The summed E-state index contributed by atoms with van der Waals surface area (Å²) in [6.45, 7) is 1.07. The van der Waals surface area contributed by atoms with Crippen molar-refractivity contribution >= 4 is 5.97 Å². The Hall–Kier alpha value is -0.610. The van der Waals surface area contributed by atoms with Crippen LogP contribution in [0, 0.1) is 5.92 Å². The monoisotopic (exact) mass is 185 g/mol. The molecule has 2 unspecified atom stereocenters. The SMILES string of the molecule is O=C(OCC1CC1)C1CC(O)CN1. The Morgan fingerprint density at radius 1 is 1.54 bits per heavy atom. The smallest absolute Gasteiger partial charge is 0.323 e. The third-order valence-corrected chi connectivity index (χ3v) is 2.55. The van der Waals surface area contributed by atoms with E-state index < -0.39 is 6.10 Å². The molecule has 0 radical (unpaired) electrons. The standard InChI is InChI=1S/C9H15NO3/c11-7-3-8(10-4-7)9(12)13-5-6-1-2-6/h6-8,10-11H,1-5H2. The lowest BCUT2D eigenvalue weighted by atomic mass is 10.2. The lowest BCUT2D eigenvalue weighted by Crippen LogP contribution is -2.32. The highest BCUT2D eigenvalue weighted by Crippen LogP contribution is 2.29. The minimum Gasteiger partial charge on any atom is -0.464 e. The van der Waals surface area contributed by atoms with Gasteiger partial charge in [0.25, 0.3) is 0 Å². The molecular formula is C9H15NO3. The zero-order chi connectivity index (χ0) is 9.26. The minimum atomic E-state index is -0.390. The van der Waals surface area contributed by atoms with E-state index in [-0.39, 0.29) is 12.0 Å². The number of β-amino-alcohol motifs (C(OH)–C–C–N with tert-alkyl or cyclic N) is 1. The van der Waals surface area contributed by atoms with E-state index in [2.05, 4.69) is 5.32 Å². The molecule has 2 atom stereocenters. The van der Waals surface area contributed by atoms with Crippen LogP contribution in [0.25, 0.3) is 0 Å². The maximum atomic E-state index is 11.3. The van der Waals surface area contributed by atoms with Gasteiger partial charge in [0.1, 0.15) is 6.04 Å². The molecule has 1 heterocycles. The van der Waals surface area contributed by atoms with E-state index in [1.54, 1.807) is 0 Å². The van der Waals surface area contributed by atoms with Gasteiger partial charge in [0.15, 0.2) is 0 Å². The van der Waals surface area contributed by atoms with Gasteiger partial charge in [-0.05, 0) is 18.8 Å². The highest BCUT2D eigenvalue weighted by atomic mass is 16.5. The summed E-state index contributed by atoms with van der Waals surface area (Å²) in [6, 6.07) is -0.284. The second-order valence-corrected chi connectivity index (χ2v) is 3.92. The van der Waals surface area contributed by atoms with Crippen molar-refractivity contribution < 1.29 is 14.6 Å². The largest absolute Gasteiger partial charge is 0.464 e. The maximum absolute atomic E-state index is 11.3. The number of carbonyl (C=O) groups is 1. The van der Waals surface area contributed by atoms with E-state index in [0.29, 0.717) is 25.5 Å². The van der Waals surface area contributed by atoms with Crippen molar-refractivity contribution in [1.82, 2.24) is 5.32 Å². The first-order valence-electron chi connectivity index (χ1n) is 4.84. The zero-order valence-electron chi connectivity index (χ0n) is 7.53. The molecule has 0 aromatic heterocycles. The van der Waals surface area contributed by atoms with Crippen LogP contribution in [-0.2, 0) is 9.53 Å². The van der Waals surface area contributed by atoms with Crippen LogP contribution in [0.5, 0.6) is 0 Å². The van der Waals surface area contributed by atoms with Gasteiger partial charge in [-0.3, -0.25) is 4.79 Å². The van der Waals surface area contributed by atoms with Crippen molar-refractivity contribution in [3.05, 3.63) is 0 Å². The molecule has 0 spiro atoms. The van der Waals surface area contributed by atoms with Gasteiger partial charge in [-0.25, -0.2) is 0 Å². The molecule has 0 aromatic carbocycles. The van der Waals surface area contributed by atoms with E-state index in [0.717, 1.165) is 0 Å². The molecule has 1 saturated carbocycles. The average molecular weight is 185 g/mol. The predicted molar refractivity (Wildman–Crippen MR) is 46.1 cm³/mol. The lowest BCUT2D eigenvalue weighted by molar-refractivity contribution is -0.146. The van der Waals surface area contributed by atoms with Gasteiger partial charge in [-0.2, -0.15) is 0 Å². The maximum Gasteiger partial charge on any atom is 0.323 e. The number of carbonyl (C=O) groups excluding carboxylic acids is 1. The Morgan fingerprint density at radius 2 is 2.31 bits per heavy atom. The Bertz CT molecular complexity index is 203. The first kappa shape index (κ1) is 8.97. The molecule has 1 aliphatic heterocycles. The molecule has 2 N–H and O–H groups in total. The topological polar surface area (TPSA) is 58.6 Å². The third-order valence-electron chi connectivity index (χ3n) is 2.55. The number of rotatable bonds is 3. The fraction of sp³-hybridized carbons (Fsp3) is 0.889. The molecule has 13 heavy (non-hydrogen) atoms. The molecule has 4 nitrogen and oxygen atoms in total. The number of ether oxygens (including phenoxy) is 1. The van der Waals surface area contributed by atoms with Crippen molar-refractivity contribution in [1.29, 1.82) is 0 Å². The summed E-state index contributed by atoms with van der Waals surface area (Å²) in [6.07, 6.45) is 2.48. The molecule has 4 heteroatoms. The number of aliphatic hydroxyl groups is 1. The van der Waals surface area contributed by atoms with E-state index in [1.165, 1.54) is 12.8 Å². The summed E-state index contributed by atoms with van der Waals surface area (Å²) >= 11 is 0. The fourth-order valence-corrected chi connectivity index (χ4v) is 1.48. The van der Waals surface area contributed by atoms with E-state index >= 15 is 0 Å². The van der Waals surface area contributed by atoms with Crippen LogP contribution in [0.4, 0.5) is 0 Å². The molecule has 74 valence electrons. The highest BCUT2D eigenvalue weighted by Gasteiger charge is 2.31. The Balaban J connectivity index is 1.69. The van der Waals surface area contributed by atoms with Crippen LogP contribution < -0.4 is 5.32 Å². The lowest BCUT2D eigenvalue weighted by Gasteiger charge is -2.09. The first-order chi connectivity index (χ1) is 6.25. The zero-order valence-corrected chi connectivity index (χ0v) is 7.53. The normalized spacial score (nSPS) is 33.3. The molecule has 2 rings (SSSR count). The Morgan fingerprint density at radius 3 is 2.85 bits per heavy atom. The quantitative estimate of drug-likeness (QED) is 0.591. The van der Waals surface area contributed by atoms with Gasteiger partial charge in [0.2, 0.25) is 0 Å². The minimum absolute atomic E-state index is 0.205.